The smallest absolute Gasteiger partial charge is 0.215 e. The first kappa shape index (κ1) is 13.8. The van der Waals surface area contributed by atoms with E-state index in [4.69, 9.17) is 4.74 Å². The summed E-state index contributed by atoms with van der Waals surface area (Å²) in [4.78, 5) is 4.18. The number of anilines is 1. The molecule has 0 aliphatic carbocycles. The lowest BCUT2D eigenvalue weighted by molar-refractivity contribution is 0.327. The van der Waals surface area contributed by atoms with Crippen LogP contribution in [-0.2, 0) is 9.84 Å². The van der Waals surface area contributed by atoms with Crippen LogP contribution in [0.1, 0.15) is 13.8 Å². The van der Waals surface area contributed by atoms with Crippen molar-refractivity contribution < 1.29 is 13.2 Å². The maximum Gasteiger partial charge on any atom is 0.215 e. The summed E-state index contributed by atoms with van der Waals surface area (Å²) >= 11 is 0. The second-order valence-electron chi connectivity index (χ2n) is 3.46. The fourth-order valence-electron chi connectivity index (χ4n) is 1.22. The summed E-state index contributed by atoms with van der Waals surface area (Å²) in [6.07, 6.45) is 0. The first-order valence-corrected chi connectivity index (χ1v) is 7.43. The number of hydrogen-bond donors (Lipinski definition) is 1. The molecule has 0 aromatic carbocycles. The first-order chi connectivity index (χ1) is 8.07. The van der Waals surface area contributed by atoms with Gasteiger partial charge in [-0.05, 0) is 13.0 Å². The third-order valence-electron chi connectivity index (χ3n) is 2.17. The van der Waals surface area contributed by atoms with Crippen molar-refractivity contribution in [1.29, 1.82) is 0 Å². The number of nitrogens with one attached hydrogen (secondary N) is 1. The molecule has 0 amide bonds. The fraction of sp³-hybridized carbons (Fsp3) is 0.545. The Morgan fingerprint density at radius 1 is 1.35 bits per heavy atom. The predicted molar refractivity (Wildman–Crippen MR) is 68.2 cm³/mol. The van der Waals surface area contributed by atoms with Gasteiger partial charge in [-0.1, -0.05) is 13.0 Å². The fourth-order valence-corrected chi connectivity index (χ4v) is 1.92. The number of rotatable bonds is 7. The average Bonchev–Trinajstić information content (AvgIpc) is 2.30. The second kappa shape index (κ2) is 6.44. The number of sulfone groups is 1. The maximum atomic E-state index is 11.3. The Morgan fingerprint density at radius 2 is 2.12 bits per heavy atom. The Morgan fingerprint density at radius 3 is 2.76 bits per heavy atom. The van der Waals surface area contributed by atoms with Crippen molar-refractivity contribution in [3.63, 3.8) is 0 Å². The molecular formula is C11H18N2O3S. The Labute approximate surface area is 102 Å². The van der Waals surface area contributed by atoms with Crippen LogP contribution >= 0.6 is 0 Å². The van der Waals surface area contributed by atoms with Crippen molar-refractivity contribution in [1.82, 2.24) is 4.98 Å². The van der Waals surface area contributed by atoms with Crippen LogP contribution in [0.5, 0.6) is 5.88 Å². The first-order valence-electron chi connectivity index (χ1n) is 5.61. The van der Waals surface area contributed by atoms with Gasteiger partial charge in [-0.2, -0.15) is 4.98 Å². The summed E-state index contributed by atoms with van der Waals surface area (Å²) < 4.78 is 27.8. The highest BCUT2D eigenvalue weighted by Crippen LogP contribution is 2.10. The molecule has 0 atom stereocenters. The van der Waals surface area contributed by atoms with E-state index in [9.17, 15) is 8.42 Å². The summed E-state index contributed by atoms with van der Waals surface area (Å²) in [7, 11) is -2.93. The lowest BCUT2D eigenvalue weighted by Crippen LogP contribution is -2.17. The van der Waals surface area contributed by atoms with E-state index in [0.717, 1.165) is 0 Å². The summed E-state index contributed by atoms with van der Waals surface area (Å²) in [6.45, 7) is 4.44. The summed E-state index contributed by atoms with van der Waals surface area (Å²) in [5, 5.41) is 2.96. The van der Waals surface area contributed by atoms with Gasteiger partial charge in [0.25, 0.3) is 0 Å². The Balaban J connectivity index is 2.49. The zero-order chi connectivity index (χ0) is 12.7. The van der Waals surface area contributed by atoms with Crippen LogP contribution in [0.25, 0.3) is 0 Å². The van der Waals surface area contributed by atoms with Crippen LogP contribution in [0.2, 0.25) is 0 Å². The van der Waals surface area contributed by atoms with Crippen molar-refractivity contribution in [3.05, 3.63) is 18.2 Å². The molecular weight excluding hydrogens is 240 g/mol. The van der Waals surface area contributed by atoms with Gasteiger partial charge in [0.15, 0.2) is 9.84 Å². The van der Waals surface area contributed by atoms with Crippen LogP contribution in [0.4, 0.5) is 5.82 Å². The summed E-state index contributed by atoms with van der Waals surface area (Å²) in [6, 6.07) is 5.35. The standard InChI is InChI=1S/C11H18N2O3S/c1-3-16-11-7-5-6-10(13-11)12-8-9-17(14,15)4-2/h5-7H,3-4,8-9H2,1-2H3,(H,12,13). The lowest BCUT2D eigenvalue weighted by Gasteiger charge is -2.07. The van der Waals surface area contributed by atoms with Crippen LogP contribution in [0.15, 0.2) is 18.2 Å². The molecule has 0 bridgehead atoms. The maximum absolute atomic E-state index is 11.3. The molecule has 5 nitrogen and oxygen atoms in total. The summed E-state index contributed by atoms with van der Waals surface area (Å²) in [5.41, 5.74) is 0. The monoisotopic (exact) mass is 258 g/mol. The third-order valence-corrected chi connectivity index (χ3v) is 3.88. The largest absolute Gasteiger partial charge is 0.478 e. The van der Waals surface area contributed by atoms with E-state index in [1.54, 1.807) is 19.1 Å². The van der Waals surface area contributed by atoms with Crippen molar-refractivity contribution in [2.75, 3.05) is 30.0 Å². The number of aromatic nitrogens is 1. The molecule has 17 heavy (non-hydrogen) atoms. The highest BCUT2D eigenvalue weighted by Gasteiger charge is 2.06. The van der Waals surface area contributed by atoms with Gasteiger partial charge in [0.2, 0.25) is 5.88 Å². The molecule has 0 unspecified atom stereocenters. The van der Waals surface area contributed by atoms with Gasteiger partial charge >= 0.3 is 0 Å². The van der Waals surface area contributed by atoms with E-state index in [0.29, 0.717) is 24.8 Å². The normalized spacial score (nSPS) is 11.2. The van der Waals surface area contributed by atoms with Gasteiger partial charge in [-0.15, -0.1) is 0 Å². The Hall–Kier alpha value is -1.30. The zero-order valence-electron chi connectivity index (χ0n) is 10.1. The van der Waals surface area contributed by atoms with Crippen molar-refractivity contribution in [3.8, 4) is 5.88 Å². The summed E-state index contributed by atoms with van der Waals surface area (Å²) in [5.74, 6) is 1.45. The highest BCUT2D eigenvalue weighted by atomic mass is 32.2. The van der Waals surface area contributed by atoms with E-state index in [1.807, 2.05) is 13.0 Å². The third kappa shape index (κ3) is 5.04. The zero-order valence-corrected chi connectivity index (χ0v) is 11.0. The quantitative estimate of drug-likeness (QED) is 0.799. The van der Waals surface area contributed by atoms with E-state index in [1.165, 1.54) is 0 Å². The van der Waals surface area contributed by atoms with Crippen LogP contribution < -0.4 is 10.1 Å². The molecule has 1 aromatic rings. The minimum Gasteiger partial charge on any atom is -0.478 e. The van der Waals surface area contributed by atoms with Gasteiger partial charge in [0.1, 0.15) is 5.82 Å². The molecule has 1 N–H and O–H groups in total. The molecule has 1 aromatic heterocycles. The number of ether oxygens (including phenoxy) is 1. The van der Waals surface area contributed by atoms with Gasteiger partial charge in [0, 0.05) is 18.4 Å². The van der Waals surface area contributed by atoms with E-state index in [-0.39, 0.29) is 11.5 Å². The SMILES string of the molecule is CCOc1cccc(NCCS(=O)(=O)CC)n1. The van der Waals surface area contributed by atoms with Crippen LogP contribution in [0.3, 0.4) is 0 Å². The van der Waals surface area contributed by atoms with E-state index < -0.39 is 9.84 Å². The van der Waals surface area contributed by atoms with Crippen LogP contribution in [-0.4, -0.2) is 38.1 Å². The van der Waals surface area contributed by atoms with Crippen molar-refractivity contribution >= 4 is 15.7 Å². The Kier molecular flexibility index (Phi) is 5.21. The predicted octanol–water partition coefficient (Wildman–Crippen LogP) is 1.33. The van der Waals surface area contributed by atoms with E-state index >= 15 is 0 Å². The van der Waals surface area contributed by atoms with Gasteiger partial charge in [-0.3, -0.25) is 0 Å². The topological polar surface area (TPSA) is 68.3 Å². The molecule has 0 aliphatic heterocycles. The van der Waals surface area contributed by atoms with E-state index in [2.05, 4.69) is 10.3 Å². The number of hydrogen-bond acceptors (Lipinski definition) is 5. The molecule has 1 rings (SSSR count). The van der Waals surface area contributed by atoms with Crippen LogP contribution in [0, 0.1) is 0 Å². The van der Waals surface area contributed by atoms with Gasteiger partial charge < -0.3 is 10.1 Å². The minimum absolute atomic E-state index is 0.115. The molecule has 0 spiro atoms. The van der Waals surface area contributed by atoms with Crippen molar-refractivity contribution in [2.24, 2.45) is 0 Å². The van der Waals surface area contributed by atoms with Gasteiger partial charge in [-0.25, -0.2) is 8.42 Å². The molecule has 0 saturated heterocycles. The van der Waals surface area contributed by atoms with Crippen molar-refractivity contribution in [2.45, 2.75) is 13.8 Å². The number of nitrogens with zero attached hydrogens (tertiary/aromatic N) is 1. The molecule has 0 radical (unpaired) electrons. The second-order valence-corrected chi connectivity index (χ2v) is 5.93. The minimum atomic E-state index is -2.93. The Bertz CT molecular complexity index is 446. The highest BCUT2D eigenvalue weighted by molar-refractivity contribution is 7.91. The molecule has 1 heterocycles. The molecule has 0 fully saturated rings. The molecule has 0 saturated carbocycles. The lowest BCUT2D eigenvalue weighted by atomic mass is 10.4. The molecule has 6 heteroatoms. The molecule has 0 aliphatic rings. The molecule has 96 valence electrons. The average molecular weight is 258 g/mol. The number of pyridine rings is 1. The van der Waals surface area contributed by atoms with Gasteiger partial charge in [0.05, 0.1) is 12.4 Å².